The number of guanidine groups is 1. The van der Waals surface area contributed by atoms with Crippen LogP contribution in [-0.4, -0.2) is 53.9 Å². The van der Waals surface area contributed by atoms with Gasteiger partial charge in [-0.1, -0.05) is 0 Å². The summed E-state index contributed by atoms with van der Waals surface area (Å²) in [5, 5.41) is 9.12. The maximum absolute atomic E-state index is 9.12. The zero-order valence-corrected chi connectivity index (χ0v) is 9.73. The Morgan fingerprint density at radius 1 is 1.67 bits per heavy atom. The Kier molecular flexibility index (Phi) is 3.93. The van der Waals surface area contributed by atoms with Crippen LogP contribution in [0, 0.1) is 0 Å². The lowest BCUT2D eigenvalue weighted by Gasteiger charge is -2.42. The van der Waals surface area contributed by atoms with Gasteiger partial charge in [-0.05, 0) is 20.8 Å². The number of morpholine rings is 1. The normalized spacial score (nSPS) is 26.8. The fourth-order valence-electron chi connectivity index (χ4n) is 1.83. The first kappa shape index (κ1) is 12.3. The van der Waals surface area contributed by atoms with E-state index in [-0.39, 0.29) is 18.3 Å². The largest absolute Gasteiger partial charge is 0.394 e. The molecular weight excluding hydrogens is 194 g/mol. The maximum Gasteiger partial charge on any atom is 0.191 e. The molecule has 1 atom stereocenters. The highest BCUT2D eigenvalue weighted by Gasteiger charge is 2.33. The summed E-state index contributed by atoms with van der Waals surface area (Å²) >= 11 is 0. The minimum atomic E-state index is -0.292. The minimum absolute atomic E-state index is 0.0132. The zero-order chi connectivity index (χ0) is 11.5. The molecule has 1 aliphatic rings. The van der Waals surface area contributed by atoms with E-state index in [9.17, 15) is 0 Å². The molecule has 1 saturated heterocycles. The first-order valence-corrected chi connectivity index (χ1v) is 5.32. The lowest BCUT2D eigenvalue weighted by molar-refractivity contribution is -0.135. The monoisotopic (exact) mass is 215 g/mol. The van der Waals surface area contributed by atoms with Gasteiger partial charge >= 0.3 is 0 Å². The van der Waals surface area contributed by atoms with Gasteiger partial charge in [-0.15, -0.1) is 0 Å². The van der Waals surface area contributed by atoms with E-state index in [2.05, 4.69) is 4.99 Å². The number of hydrogen-bond acceptors (Lipinski definition) is 3. The summed E-state index contributed by atoms with van der Waals surface area (Å²) in [5.41, 5.74) is 5.54. The number of aliphatic hydroxyl groups is 1. The molecule has 0 aromatic heterocycles. The van der Waals surface area contributed by atoms with Crippen molar-refractivity contribution in [2.24, 2.45) is 10.7 Å². The van der Waals surface area contributed by atoms with Crippen molar-refractivity contribution < 1.29 is 9.84 Å². The van der Waals surface area contributed by atoms with Crippen LogP contribution in [0.2, 0.25) is 0 Å². The summed E-state index contributed by atoms with van der Waals surface area (Å²) in [7, 11) is 0. The summed E-state index contributed by atoms with van der Waals surface area (Å²) in [6.07, 6.45) is -0.181. The molecule has 0 bridgehead atoms. The Labute approximate surface area is 90.9 Å². The van der Waals surface area contributed by atoms with Gasteiger partial charge < -0.3 is 20.5 Å². The van der Waals surface area contributed by atoms with E-state index < -0.39 is 0 Å². The maximum atomic E-state index is 9.12. The van der Waals surface area contributed by atoms with E-state index in [0.717, 1.165) is 0 Å². The molecule has 1 unspecified atom stereocenters. The Balaban J connectivity index is 2.70. The Bertz CT molecular complexity index is 241. The van der Waals surface area contributed by atoms with Gasteiger partial charge in [-0.2, -0.15) is 0 Å². The summed E-state index contributed by atoms with van der Waals surface area (Å²) in [6.45, 7) is 7.92. The zero-order valence-electron chi connectivity index (χ0n) is 9.73. The summed E-state index contributed by atoms with van der Waals surface area (Å²) in [4.78, 5) is 6.13. The second kappa shape index (κ2) is 4.81. The first-order chi connectivity index (χ1) is 6.98. The third kappa shape index (κ3) is 3.35. The van der Waals surface area contributed by atoms with Gasteiger partial charge in [0, 0.05) is 19.6 Å². The Hall–Kier alpha value is -0.810. The molecule has 0 aromatic carbocycles. The van der Waals surface area contributed by atoms with Crippen molar-refractivity contribution in [2.45, 2.75) is 32.5 Å². The predicted octanol–water partition coefficient (Wildman–Crippen LogP) is -0.207. The molecule has 0 aliphatic carbocycles. The van der Waals surface area contributed by atoms with Crippen LogP contribution in [0.4, 0.5) is 0 Å². The van der Waals surface area contributed by atoms with Crippen molar-refractivity contribution in [1.29, 1.82) is 0 Å². The van der Waals surface area contributed by atoms with E-state index in [1.54, 1.807) is 0 Å². The predicted molar refractivity (Wildman–Crippen MR) is 59.8 cm³/mol. The van der Waals surface area contributed by atoms with E-state index in [1.807, 2.05) is 25.7 Å². The molecule has 0 aromatic rings. The molecule has 5 heteroatoms. The van der Waals surface area contributed by atoms with Gasteiger partial charge in [-0.25, -0.2) is 0 Å². The van der Waals surface area contributed by atoms with Crippen LogP contribution >= 0.6 is 0 Å². The summed E-state index contributed by atoms with van der Waals surface area (Å²) in [5.74, 6) is 0.535. The molecule has 5 nitrogen and oxygen atoms in total. The van der Waals surface area contributed by atoms with Crippen molar-refractivity contribution in [3.05, 3.63) is 0 Å². The average Bonchev–Trinajstić information content (AvgIpc) is 2.15. The lowest BCUT2D eigenvalue weighted by atomic mass is 10.1. The second-order valence-corrected chi connectivity index (χ2v) is 4.40. The van der Waals surface area contributed by atoms with Gasteiger partial charge in [0.15, 0.2) is 5.96 Å². The number of aliphatic imine (C=N–C) groups is 1. The van der Waals surface area contributed by atoms with Crippen molar-refractivity contribution in [3.63, 3.8) is 0 Å². The number of aliphatic hydroxyl groups excluding tert-OH is 1. The van der Waals surface area contributed by atoms with Crippen LogP contribution in [0.1, 0.15) is 20.8 Å². The molecule has 1 heterocycles. The van der Waals surface area contributed by atoms with Crippen LogP contribution in [0.15, 0.2) is 4.99 Å². The Morgan fingerprint density at radius 2 is 2.33 bits per heavy atom. The number of hydrogen-bond donors (Lipinski definition) is 2. The molecule has 3 N–H and O–H groups in total. The highest BCUT2D eigenvalue weighted by atomic mass is 16.5. The van der Waals surface area contributed by atoms with Gasteiger partial charge in [0.2, 0.25) is 0 Å². The molecule has 0 amide bonds. The highest BCUT2D eigenvalue weighted by molar-refractivity contribution is 5.78. The smallest absolute Gasteiger partial charge is 0.191 e. The standard InChI is InChI=1S/C10H21N3O2/c1-4-12-9(11)13-5-8(6-14)15-10(2,3)7-13/h8,14H,4-7H2,1-3H3,(H2,11,12). The third-order valence-corrected chi connectivity index (χ3v) is 2.33. The summed E-state index contributed by atoms with van der Waals surface area (Å²) < 4.78 is 5.68. The molecule has 1 aliphatic heterocycles. The van der Waals surface area contributed by atoms with E-state index in [4.69, 9.17) is 15.6 Å². The second-order valence-electron chi connectivity index (χ2n) is 4.40. The molecule has 88 valence electrons. The van der Waals surface area contributed by atoms with Gasteiger partial charge in [0.1, 0.15) is 0 Å². The number of rotatable bonds is 2. The quantitative estimate of drug-likeness (QED) is 0.494. The summed E-state index contributed by atoms with van der Waals surface area (Å²) in [6, 6.07) is 0. The third-order valence-electron chi connectivity index (χ3n) is 2.33. The van der Waals surface area contributed by atoms with Crippen molar-refractivity contribution in [1.82, 2.24) is 4.90 Å². The molecule has 1 fully saturated rings. The highest BCUT2D eigenvalue weighted by Crippen LogP contribution is 2.20. The fourth-order valence-corrected chi connectivity index (χ4v) is 1.83. The fraction of sp³-hybridized carbons (Fsp3) is 0.900. The molecule has 0 spiro atoms. The molecule has 1 rings (SSSR count). The Morgan fingerprint density at radius 3 is 2.87 bits per heavy atom. The van der Waals surface area contributed by atoms with E-state index in [1.165, 1.54) is 0 Å². The SMILES string of the molecule is CCN=C(N)N1CC(CO)OC(C)(C)C1. The van der Waals surface area contributed by atoms with Crippen molar-refractivity contribution in [3.8, 4) is 0 Å². The molecule has 15 heavy (non-hydrogen) atoms. The number of nitrogens with two attached hydrogens (primary N) is 1. The number of ether oxygens (including phenoxy) is 1. The van der Waals surface area contributed by atoms with E-state index in [0.29, 0.717) is 25.6 Å². The average molecular weight is 215 g/mol. The van der Waals surface area contributed by atoms with Gasteiger partial charge in [0.25, 0.3) is 0 Å². The molecule has 0 radical (unpaired) electrons. The van der Waals surface area contributed by atoms with Gasteiger partial charge in [0.05, 0.1) is 18.3 Å². The van der Waals surface area contributed by atoms with E-state index >= 15 is 0 Å². The minimum Gasteiger partial charge on any atom is -0.394 e. The van der Waals surface area contributed by atoms with Crippen LogP contribution in [0.5, 0.6) is 0 Å². The first-order valence-electron chi connectivity index (χ1n) is 5.32. The van der Waals surface area contributed by atoms with Crippen LogP contribution < -0.4 is 5.73 Å². The van der Waals surface area contributed by atoms with Crippen molar-refractivity contribution in [2.75, 3.05) is 26.2 Å². The van der Waals surface area contributed by atoms with Gasteiger partial charge in [-0.3, -0.25) is 4.99 Å². The topological polar surface area (TPSA) is 71.1 Å². The van der Waals surface area contributed by atoms with Crippen LogP contribution in [0.3, 0.4) is 0 Å². The lowest BCUT2D eigenvalue weighted by Crippen LogP contribution is -2.57. The molecular formula is C10H21N3O2. The van der Waals surface area contributed by atoms with Crippen molar-refractivity contribution >= 4 is 5.96 Å². The van der Waals surface area contributed by atoms with Crippen LogP contribution in [0.25, 0.3) is 0 Å². The molecule has 0 saturated carbocycles. The number of nitrogens with zero attached hydrogens (tertiary/aromatic N) is 2. The van der Waals surface area contributed by atoms with Crippen LogP contribution in [-0.2, 0) is 4.74 Å².